The van der Waals surface area contributed by atoms with Crippen molar-refractivity contribution in [3.05, 3.63) is 168 Å². The smallest absolute Gasteiger partial charge is 0.350 e. The SMILES string of the molecule is CC1(C(=[NH2+])OC(=N)c2ccccc2)C=CC(c2ccc3c(c2)C2=CC(c4nc(-c5ccccc5)nc(-c5ccccc5)n4)=CCC2(C)C3(F)F)=CC1. The van der Waals surface area contributed by atoms with E-state index in [2.05, 4.69) is 0 Å². The lowest BCUT2D eigenvalue weighted by Crippen LogP contribution is -2.51. The Labute approximate surface area is 301 Å². The Balaban J connectivity index is 1.12. The molecule has 0 spiro atoms. The quantitative estimate of drug-likeness (QED) is 0.138. The second-order valence-corrected chi connectivity index (χ2v) is 13.9. The van der Waals surface area contributed by atoms with Crippen LogP contribution in [0.1, 0.15) is 54.8 Å². The molecule has 0 bridgehead atoms. The summed E-state index contributed by atoms with van der Waals surface area (Å²) in [7, 11) is 0. The molecule has 52 heavy (non-hydrogen) atoms. The zero-order valence-electron chi connectivity index (χ0n) is 28.8. The first-order chi connectivity index (χ1) is 25.1. The summed E-state index contributed by atoms with van der Waals surface area (Å²) in [5.74, 6) is -1.43. The predicted octanol–water partition coefficient (Wildman–Crippen LogP) is 8.74. The highest BCUT2D eigenvalue weighted by Crippen LogP contribution is 2.64. The molecule has 0 aliphatic heterocycles. The molecule has 8 rings (SSSR count). The number of halogens is 2. The molecule has 3 aliphatic carbocycles. The first kappa shape index (κ1) is 33.0. The van der Waals surface area contributed by atoms with Crippen LogP contribution in [0.4, 0.5) is 8.78 Å². The molecule has 6 nitrogen and oxygen atoms in total. The van der Waals surface area contributed by atoms with Crippen LogP contribution in [0.2, 0.25) is 0 Å². The van der Waals surface area contributed by atoms with Crippen molar-refractivity contribution in [3.8, 4) is 22.8 Å². The monoisotopic (exact) mass is 688 g/mol. The molecule has 1 aromatic heterocycles. The fourth-order valence-corrected chi connectivity index (χ4v) is 7.08. The van der Waals surface area contributed by atoms with Crippen molar-refractivity contribution >= 4 is 28.5 Å². The van der Waals surface area contributed by atoms with E-state index < -0.39 is 16.8 Å². The van der Waals surface area contributed by atoms with E-state index in [-0.39, 0.29) is 23.8 Å². The van der Waals surface area contributed by atoms with E-state index in [0.717, 1.165) is 22.3 Å². The predicted molar refractivity (Wildman–Crippen MR) is 201 cm³/mol. The van der Waals surface area contributed by atoms with Crippen molar-refractivity contribution in [1.82, 2.24) is 15.0 Å². The molecule has 0 radical (unpaired) electrons. The highest BCUT2D eigenvalue weighted by molar-refractivity contribution is 6.00. The van der Waals surface area contributed by atoms with Crippen LogP contribution in [0.15, 0.2) is 140 Å². The van der Waals surface area contributed by atoms with Gasteiger partial charge in [-0.25, -0.2) is 29.1 Å². The summed E-state index contributed by atoms with van der Waals surface area (Å²) < 4.78 is 38.5. The van der Waals surface area contributed by atoms with Crippen LogP contribution < -0.4 is 5.41 Å². The van der Waals surface area contributed by atoms with Crippen LogP contribution in [-0.2, 0) is 10.7 Å². The third-order valence-corrected chi connectivity index (χ3v) is 10.4. The number of benzene rings is 4. The minimum atomic E-state index is -3.09. The van der Waals surface area contributed by atoms with Crippen molar-refractivity contribution in [2.24, 2.45) is 10.8 Å². The minimum absolute atomic E-state index is 0.0147. The molecule has 0 saturated carbocycles. The Hall–Kier alpha value is -6.15. The second-order valence-electron chi connectivity index (χ2n) is 13.9. The van der Waals surface area contributed by atoms with E-state index in [1.165, 1.54) is 0 Å². The molecule has 256 valence electrons. The summed E-state index contributed by atoms with van der Waals surface area (Å²) in [5.41, 5.74) is 3.71. The summed E-state index contributed by atoms with van der Waals surface area (Å²) in [4.78, 5) is 14.5. The molecule has 2 atom stereocenters. The Morgan fingerprint density at radius 2 is 1.29 bits per heavy atom. The molecule has 3 N–H and O–H groups in total. The molecule has 4 aromatic carbocycles. The Kier molecular flexibility index (Phi) is 7.98. The van der Waals surface area contributed by atoms with Gasteiger partial charge in [-0.1, -0.05) is 115 Å². The number of fused-ring (bicyclic) bond motifs is 3. The summed E-state index contributed by atoms with van der Waals surface area (Å²) in [6.07, 6.45) is 10.2. The Morgan fingerprint density at radius 1 is 0.712 bits per heavy atom. The van der Waals surface area contributed by atoms with Crippen molar-refractivity contribution in [2.45, 2.75) is 32.6 Å². The van der Waals surface area contributed by atoms with Crippen LogP contribution in [0.3, 0.4) is 0 Å². The van der Waals surface area contributed by atoms with E-state index in [1.54, 1.807) is 31.2 Å². The number of ether oxygens (including phenoxy) is 1. The van der Waals surface area contributed by atoms with Crippen LogP contribution in [0.5, 0.6) is 0 Å². The van der Waals surface area contributed by atoms with Gasteiger partial charge >= 0.3 is 5.90 Å². The van der Waals surface area contributed by atoms with Crippen molar-refractivity contribution in [1.29, 1.82) is 5.41 Å². The number of aromatic nitrogens is 3. The number of hydrogen-bond acceptors (Lipinski definition) is 5. The average Bonchev–Trinajstić information content (AvgIpc) is 3.36. The highest BCUT2D eigenvalue weighted by atomic mass is 19.3. The van der Waals surface area contributed by atoms with E-state index in [0.29, 0.717) is 46.2 Å². The normalized spacial score (nSPS) is 21.3. The summed E-state index contributed by atoms with van der Waals surface area (Å²) in [6, 6.07) is 33.7. The lowest BCUT2D eigenvalue weighted by atomic mass is 9.73. The molecule has 0 saturated heterocycles. The maximum Gasteiger partial charge on any atom is 0.350 e. The molecular weight excluding hydrogens is 653 g/mol. The van der Waals surface area contributed by atoms with Gasteiger partial charge in [0.25, 0.3) is 5.92 Å². The molecule has 1 heterocycles. The zero-order valence-corrected chi connectivity index (χ0v) is 28.8. The third kappa shape index (κ3) is 5.61. The number of nitrogens with two attached hydrogens (primary N) is 1. The average molecular weight is 689 g/mol. The second kappa shape index (κ2) is 12.6. The van der Waals surface area contributed by atoms with Gasteiger partial charge in [0, 0.05) is 27.8 Å². The first-order valence-corrected chi connectivity index (χ1v) is 17.2. The fourth-order valence-electron chi connectivity index (χ4n) is 7.08. The molecule has 5 aromatic rings. The first-order valence-electron chi connectivity index (χ1n) is 17.2. The maximum atomic E-state index is 16.4. The maximum absolute atomic E-state index is 16.4. The summed E-state index contributed by atoms with van der Waals surface area (Å²) in [5, 5.41) is 14.8. The highest BCUT2D eigenvalue weighted by Gasteiger charge is 2.60. The van der Waals surface area contributed by atoms with Gasteiger partial charge in [0.05, 0.1) is 5.41 Å². The van der Waals surface area contributed by atoms with E-state index in [9.17, 15) is 0 Å². The van der Waals surface area contributed by atoms with E-state index >= 15 is 8.78 Å². The molecule has 8 heteroatoms. The zero-order chi connectivity index (χ0) is 36.1. The van der Waals surface area contributed by atoms with Crippen molar-refractivity contribution in [2.75, 3.05) is 0 Å². The fraction of sp³-hybridized carbons (Fsp3) is 0.159. The van der Waals surface area contributed by atoms with E-state index in [1.807, 2.05) is 122 Å². The number of nitrogens with one attached hydrogen (secondary N) is 1. The van der Waals surface area contributed by atoms with Gasteiger partial charge in [-0.2, -0.15) is 0 Å². The van der Waals surface area contributed by atoms with E-state index in [4.69, 9.17) is 30.5 Å². The number of hydrogen-bond donors (Lipinski definition) is 2. The molecule has 3 aliphatic rings. The van der Waals surface area contributed by atoms with Crippen molar-refractivity contribution < 1.29 is 18.9 Å². The number of alkyl halides is 2. The van der Waals surface area contributed by atoms with Crippen LogP contribution >= 0.6 is 0 Å². The number of allylic oxidation sites excluding steroid dienone is 7. The largest absolute Gasteiger partial charge is 0.389 e. The summed E-state index contributed by atoms with van der Waals surface area (Å²) >= 11 is 0. The molecule has 2 unspecified atom stereocenters. The van der Waals surface area contributed by atoms with Gasteiger partial charge in [-0.3, -0.25) is 5.41 Å². The van der Waals surface area contributed by atoms with Gasteiger partial charge in [0.2, 0.25) is 5.90 Å². The van der Waals surface area contributed by atoms with Gasteiger partial charge in [0.15, 0.2) is 17.5 Å². The standard InChI is InChI=1S/C44H35F2N5O/c1-42(41(48)52-37(47)29-12-6-3-7-13-29)23-20-28(21-24-42)32-18-19-35-34(26-32)36-27-33(22-25-43(36,2)44(35,45)46)40-50-38(30-14-8-4-9-15-30)49-39(51-40)31-16-10-5-11-17-31/h3-23,26-27,47-48H,24-25H2,1-2H3/p+1. The summed E-state index contributed by atoms with van der Waals surface area (Å²) in [6.45, 7) is 3.59. The third-order valence-electron chi connectivity index (χ3n) is 10.4. The number of nitrogens with zero attached hydrogens (tertiary/aromatic N) is 3. The van der Waals surface area contributed by atoms with Crippen molar-refractivity contribution in [3.63, 3.8) is 0 Å². The molecule has 0 amide bonds. The van der Waals surface area contributed by atoms with Crippen LogP contribution in [0, 0.1) is 16.2 Å². The Morgan fingerprint density at radius 3 is 1.88 bits per heavy atom. The van der Waals surface area contributed by atoms with Crippen LogP contribution in [0.25, 0.3) is 39.5 Å². The molecule has 0 fully saturated rings. The lowest BCUT2D eigenvalue weighted by molar-refractivity contribution is -0.143. The van der Waals surface area contributed by atoms with Crippen LogP contribution in [-0.4, -0.2) is 26.7 Å². The van der Waals surface area contributed by atoms with Gasteiger partial charge in [-0.05, 0) is 73.2 Å². The lowest BCUT2D eigenvalue weighted by Gasteiger charge is -2.34. The van der Waals surface area contributed by atoms with Gasteiger partial charge in [-0.15, -0.1) is 0 Å². The Bertz CT molecular complexity index is 2310. The minimum Gasteiger partial charge on any atom is -0.389 e. The molecular formula is C44H36F2N5O+. The number of rotatable bonds is 6. The topological polar surface area (TPSA) is 97.3 Å². The van der Waals surface area contributed by atoms with Gasteiger partial charge in [0.1, 0.15) is 5.41 Å². The van der Waals surface area contributed by atoms with Gasteiger partial charge < -0.3 is 4.74 Å².